The Balaban J connectivity index is 1.06. The van der Waals surface area contributed by atoms with Crippen LogP contribution in [0, 0.1) is 0 Å². The molecule has 1 aliphatic carbocycles. The summed E-state index contributed by atoms with van der Waals surface area (Å²) in [7, 11) is 0. The van der Waals surface area contributed by atoms with E-state index >= 15 is 0 Å². The molecule has 0 N–H and O–H groups in total. The Morgan fingerprint density at radius 3 is 2.53 bits per heavy atom. The highest BCUT2D eigenvalue weighted by molar-refractivity contribution is 5.75. The number of ether oxygens (including phenoxy) is 1. The number of benzene rings is 1. The Labute approximate surface area is 178 Å². The number of hydrogen-bond donors (Lipinski definition) is 0. The number of carbonyl (C=O) groups excluding carboxylic acids is 1. The zero-order valence-electron chi connectivity index (χ0n) is 17.5. The lowest BCUT2D eigenvalue weighted by molar-refractivity contribution is 0.0308. The molecule has 3 heterocycles. The molecule has 0 atom stereocenters. The van der Waals surface area contributed by atoms with Crippen molar-refractivity contribution in [1.82, 2.24) is 24.5 Å². The van der Waals surface area contributed by atoms with Crippen molar-refractivity contribution in [2.75, 3.05) is 39.3 Å². The second kappa shape index (κ2) is 8.68. The van der Waals surface area contributed by atoms with Gasteiger partial charge in [-0.25, -0.2) is 4.79 Å². The first-order valence-corrected chi connectivity index (χ1v) is 11.3. The molecule has 30 heavy (non-hydrogen) atoms. The summed E-state index contributed by atoms with van der Waals surface area (Å²) < 4.78 is 7.96. The Morgan fingerprint density at radius 1 is 1.00 bits per heavy atom. The van der Waals surface area contributed by atoms with Crippen LogP contribution in [0.25, 0.3) is 0 Å². The van der Waals surface area contributed by atoms with Gasteiger partial charge in [-0.2, -0.15) is 5.10 Å². The number of likely N-dealkylation sites (tertiary alicyclic amines) is 1. The third-order valence-electron chi connectivity index (χ3n) is 6.64. The van der Waals surface area contributed by atoms with Crippen molar-refractivity contribution < 1.29 is 9.53 Å². The Hall–Kier alpha value is -2.54. The lowest BCUT2D eigenvalue weighted by Gasteiger charge is -2.41. The van der Waals surface area contributed by atoms with Gasteiger partial charge in [-0.15, -0.1) is 0 Å². The molecule has 0 radical (unpaired) electrons. The molecule has 2 aliphatic heterocycles. The number of hydrogen-bond acceptors (Lipinski definition) is 4. The minimum atomic E-state index is 0.0874. The fraction of sp³-hybridized carbons (Fsp3) is 0.565. The molecular weight excluding hydrogens is 378 g/mol. The van der Waals surface area contributed by atoms with Gasteiger partial charge in [-0.3, -0.25) is 9.58 Å². The molecular formula is C23H31N5O2. The van der Waals surface area contributed by atoms with Crippen LogP contribution >= 0.6 is 0 Å². The van der Waals surface area contributed by atoms with Crippen LogP contribution in [0.1, 0.15) is 31.2 Å². The number of amides is 2. The normalized spacial score (nSPS) is 21.1. The van der Waals surface area contributed by atoms with E-state index in [-0.39, 0.29) is 12.1 Å². The summed E-state index contributed by atoms with van der Waals surface area (Å²) in [5, 5.41) is 4.24. The maximum absolute atomic E-state index is 12.9. The van der Waals surface area contributed by atoms with Gasteiger partial charge in [-0.1, -0.05) is 18.6 Å². The third kappa shape index (κ3) is 4.31. The zero-order chi connectivity index (χ0) is 20.3. The minimum Gasteiger partial charge on any atom is -0.487 e. The Bertz CT molecular complexity index is 828. The summed E-state index contributed by atoms with van der Waals surface area (Å²) in [6, 6.07) is 11.0. The molecule has 5 rings (SSSR count). The standard InChI is InChI=1S/C23H31N5O2/c29-23(26-12-3-11-25(14-15-26)20-4-1-5-20)27-17-22(18-27)30-21-8-6-19(7-9-21)16-28-13-2-10-24-28/h2,6-10,13,20,22H,1,3-5,11-12,14-18H2. The molecule has 0 bridgehead atoms. The summed E-state index contributed by atoms with van der Waals surface area (Å²) in [5.41, 5.74) is 1.19. The molecule has 160 valence electrons. The van der Waals surface area contributed by atoms with Crippen LogP contribution in [-0.2, 0) is 6.54 Å². The minimum absolute atomic E-state index is 0.0874. The van der Waals surface area contributed by atoms with Gasteiger partial charge in [0.2, 0.25) is 0 Å². The van der Waals surface area contributed by atoms with Gasteiger partial charge in [0, 0.05) is 44.6 Å². The molecule has 7 heteroatoms. The van der Waals surface area contributed by atoms with E-state index in [2.05, 4.69) is 22.1 Å². The average Bonchev–Trinajstić information content (AvgIpc) is 3.07. The first-order chi connectivity index (χ1) is 14.7. The van der Waals surface area contributed by atoms with Crippen molar-refractivity contribution >= 4 is 6.03 Å². The summed E-state index contributed by atoms with van der Waals surface area (Å²) in [6.45, 7) is 6.00. The highest BCUT2D eigenvalue weighted by atomic mass is 16.5. The van der Waals surface area contributed by atoms with Crippen molar-refractivity contribution in [1.29, 1.82) is 0 Å². The monoisotopic (exact) mass is 409 g/mol. The highest BCUT2D eigenvalue weighted by Gasteiger charge is 2.36. The van der Waals surface area contributed by atoms with E-state index < -0.39 is 0 Å². The van der Waals surface area contributed by atoms with Crippen molar-refractivity contribution in [3.05, 3.63) is 48.3 Å². The van der Waals surface area contributed by atoms with Crippen LogP contribution in [-0.4, -0.2) is 81.9 Å². The van der Waals surface area contributed by atoms with E-state index in [4.69, 9.17) is 4.74 Å². The van der Waals surface area contributed by atoms with Gasteiger partial charge < -0.3 is 14.5 Å². The summed E-state index contributed by atoms with van der Waals surface area (Å²) in [4.78, 5) is 19.4. The van der Waals surface area contributed by atoms with Crippen molar-refractivity contribution in [2.24, 2.45) is 0 Å². The van der Waals surface area contributed by atoms with Crippen LogP contribution < -0.4 is 4.74 Å². The molecule has 3 fully saturated rings. The maximum atomic E-state index is 12.9. The third-order valence-corrected chi connectivity index (χ3v) is 6.64. The second-order valence-corrected chi connectivity index (χ2v) is 8.74. The predicted molar refractivity (Wildman–Crippen MR) is 115 cm³/mol. The molecule has 2 saturated heterocycles. The topological polar surface area (TPSA) is 53.8 Å². The highest BCUT2D eigenvalue weighted by Crippen LogP contribution is 2.26. The van der Waals surface area contributed by atoms with Crippen LogP contribution in [0.5, 0.6) is 5.75 Å². The molecule has 1 saturated carbocycles. The van der Waals surface area contributed by atoms with Crippen LogP contribution in [0.15, 0.2) is 42.7 Å². The van der Waals surface area contributed by atoms with E-state index in [0.29, 0.717) is 13.1 Å². The molecule has 0 unspecified atom stereocenters. The number of urea groups is 1. The average molecular weight is 410 g/mol. The van der Waals surface area contributed by atoms with E-state index in [0.717, 1.165) is 50.9 Å². The largest absolute Gasteiger partial charge is 0.487 e. The molecule has 1 aromatic carbocycles. The van der Waals surface area contributed by atoms with Gasteiger partial charge >= 0.3 is 6.03 Å². The van der Waals surface area contributed by atoms with Crippen LogP contribution in [0.4, 0.5) is 4.79 Å². The molecule has 3 aliphatic rings. The summed E-state index contributed by atoms with van der Waals surface area (Å²) >= 11 is 0. The first-order valence-electron chi connectivity index (χ1n) is 11.3. The van der Waals surface area contributed by atoms with E-state index in [1.54, 1.807) is 6.20 Å². The van der Waals surface area contributed by atoms with E-state index in [1.165, 1.54) is 24.8 Å². The quantitative estimate of drug-likeness (QED) is 0.762. The smallest absolute Gasteiger partial charge is 0.320 e. The van der Waals surface area contributed by atoms with Gasteiger partial charge in [0.25, 0.3) is 0 Å². The Kier molecular flexibility index (Phi) is 5.62. The maximum Gasteiger partial charge on any atom is 0.320 e. The zero-order valence-corrected chi connectivity index (χ0v) is 17.5. The van der Waals surface area contributed by atoms with Gasteiger partial charge in [0.1, 0.15) is 11.9 Å². The van der Waals surface area contributed by atoms with Crippen molar-refractivity contribution in [2.45, 2.75) is 44.4 Å². The van der Waals surface area contributed by atoms with Crippen molar-refractivity contribution in [3.63, 3.8) is 0 Å². The summed E-state index contributed by atoms with van der Waals surface area (Å²) in [6.07, 6.45) is 8.96. The Morgan fingerprint density at radius 2 is 1.83 bits per heavy atom. The fourth-order valence-corrected chi connectivity index (χ4v) is 4.56. The van der Waals surface area contributed by atoms with E-state index in [9.17, 15) is 4.79 Å². The van der Waals surface area contributed by atoms with Gasteiger partial charge in [0.05, 0.1) is 19.6 Å². The molecule has 2 amide bonds. The van der Waals surface area contributed by atoms with Gasteiger partial charge in [0.15, 0.2) is 0 Å². The van der Waals surface area contributed by atoms with Gasteiger partial charge in [-0.05, 0) is 43.0 Å². The second-order valence-electron chi connectivity index (χ2n) is 8.74. The lowest BCUT2D eigenvalue weighted by atomic mass is 9.91. The number of nitrogens with zero attached hydrogens (tertiary/aromatic N) is 5. The van der Waals surface area contributed by atoms with Crippen molar-refractivity contribution in [3.8, 4) is 5.75 Å². The fourth-order valence-electron chi connectivity index (χ4n) is 4.56. The van der Waals surface area contributed by atoms with E-state index in [1.807, 2.05) is 38.9 Å². The number of aromatic nitrogens is 2. The molecule has 2 aromatic rings. The molecule has 7 nitrogen and oxygen atoms in total. The lowest BCUT2D eigenvalue weighted by Crippen LogP contribution is -2.60. The number of carbonyl (C=O) groups is 1. The van der Waals surface area contributed by atoms with Crippen LogP contribution in [0.3, 0.4) is 0 Å². The number of rotatable bonds is 5. The SMILES string of the molecule is O=C(N1CCCN(C2CCC2)CC1)N1CC(Oc2ccc(Cn3cccn3)cc2)C1. The molecule has 1 aromatic heterocycles. The summed E-state index contributed by atoms with van der Waals surface area (Å²) in [5.74, 6) is 0.863. The molecule has 0 spiro atoms. The predicted octanol–water partition coefficient (Wildman–Crippen LogP) is 2.67. The van der Waals surface area contributed by atoms with Crippen LogP contribution in [0.2, 0.25) is 0 Å². The first kappa shape index (κ1) is 19.4.